The Labute approximate surface area is 189 Å². The molecule has 0 spiro atoms. The van der Waals surface area contributed by atoms with Crippen molar-refractivity contribution < 1.29 is 4.74 Å². The van der Waals surface area contributed by atoms with Crippen LogP contribution in [0.4, 0.5) is 0 Å². The number of hydrogen-bond acceptors (Lipinski definition) is 3. The van der Waals surface area contributed by atoms with Gasteiger partial charge in [-0.15, -0.1) is 24.0 Å². The predicted octanol–water partition coefficient (Wildman–Crippen LogP) is 4.66. The van der Waals surface area contributed by atoms with Gasteiger partial charge in [0.05, 0.1) is 6.54 Å². The van der Waals surface area contributed by atoms with Crippen molar-refractivity contribution in [3.63, 3.8) is 0 Å². The maximum atomic E-state index is 6.07. The van der Waals surface area contributed by atoms with Crippen molar-refractivity contribution in [3.05, 3.63) is 29.8 Å². The second-order valence-corrected chi connectivity index (χ2v) is 8.23. The Balaban J connectivity index is 0.00000729. The van der Waals surface area contributed by atoms with Crippen molar-refractivity contribution in [3.8, 4) is 5.75 Å². The largest absolute Gasteiger partial charge is 0.488 e. The predicted molar refractivity (Wildman–Crippen MR) is 132 cm³/mol. The molecule has 28 heavy (non-hydrogen) atoms. The monoisotopic (exact) mass is 504 g/mol. The van der Waals surface area contributed by atoms with Gasteiger partial charge in [-0.1, -0.05) is 18.2 Å². The van der Waals surface area contributed by atoms with Gasteiger partial charge in [-0.3, -0.25) is 0 Å². The number of rotatable bonds is 10. The molecule has 0 atom stereocenters. The maximum absolute atomic E-state index is 6.07. The van der Waals surface area contributed by atoms with Crippen LogP contribution in [-0.4, -0.2) is 49.2 Å². The van der Waals surface area contributed by atoms with E-state index >= 15 is 0 Å². The topological polar surface area (TPSA) is 48.9 Å². The molecule has 0 heterocycles. The lowest BCUT2D eigenvalue weighted by Gasteiger charge is -2.23. The molecule has 0 amide bonds. The van der Waals surface area contributed by atoms with E-state index in [2.05, 4.69) is 70.2 Å². The molecule has 1 rings (SSSR count). The number of guanidine groups is 1. The minimum absolute atomic E-state index is 0. The zero-order chi connectivity index (χ0) is 20.3. The number of aliphatic imine (C=N–C) groups is 1. The van der Waals surface area contributed by atoms with Gasteiger partial charge in [0.1, 0.15) is 11.4 Å². The number of benzene rings is 1. The molecule has 0 saturated carbocycles. The first-order valence-electron chi connectivity index (χ1n) is 10.2. The SMILES string of the molecule is CCNC(=NCc1ccccc1OC(C)(C)C)NCCCCN(C)C(C)C.I. The lowest BCUT2D eigenvalue weighted by atomic mass is 10.1. The highest BCUT2D eigenvalue weighted by Crippen LogP contribution is 2.23. The van der Waals surface area contributed by atoms with Crippen LogP contribution in [0.3, 0.4) is 0 Å². The first kappa shape index (κ1) is 27.0. The molecule has 0 unspecified atom stereocenters. The van der Waals surface area contributed by atoms with Crippen molar-refractivity contribution in [1.82, 2.24) is 15.5 Å². The highest BCUT2D eigenvalue weighted by molar-refractivity contribution is 14.0. The van der Waals surface area contributed by atoms with Gasteiger partial charge in [0.2, 0.25) is 0 Å². The highest BCUT2D eigenvalue weighted by atomic mass is 127. The Bertz CT molecular complexity index is 570. The smallest absolute Gasteiger partial charge is 0.191 e. The van der Waals surface area contributed by atoms with Crippen LogP contribution >= 0.6 is 24.0 Å². The summed E-state index contributed by atoms with van der Waals surface area (Å²) in [5.41, 5.74) is 0.884. The Morgan fingerprint density at radius 2 is 1.82 bits per heavy atom. The fraction of sp³-hybridized carbons (Fsp3) is 0.682. The molecule has 1 aromatic rings. The Kier molecular flexibility index (Phi) is 13.5. The van der Waals surface area contributed by atoms with Gasteiger partial charge in [-0.2, -0.15) is 0 Å². The van der Waals surface area contributed by atoms with E-state index in [4.69, 9.17) is 9.73 Å². The lowest BCUT2D eigenvalue weighted by Crippen LogP contribution is -2.38. The van der Waals surface area contributed by atoms with E-state index in [0.29, 0.717) is 12.6 Å². The molecule has 0 bridgehead atoms. The first-order valence-corrected chi connectivity index (χ1v) is 10.2. The lowest BCUT2D eigenvalue weighted by molar-refractivity contribution is 0.129. The van der Waals surface area contributed by atoms with E-state index in [9.17, 15) is 0 Å². The third-order valence-corrected chi connectivity index (χ3v) is 4.25. The minimum atomic E-state index is -0.217. The van der Waals surface area contributed by atoms with Gasteiger partial charge >= 0.3 is 0 Å². The molecule has 0 fully saturated rings. The van der Waals surface area contributed by atoms with E-state index in [0.717, 1.165) is 43.3 Å². The van der Waals surface area contributed by atoms with E-state index in [-0.39, 0.29) is 29.6 Å². The average molecular weight is 505 g/mol. The molecule has 0 aliphatic heterocycles. The summed E-state index contributed by atoms with van der Waals surface area (Å²) in [5, 5.41) is 6.77. The minimum Gasteiger partial charge on any atom is -0.488 e. The number of para-hydroxylation sites is 1. The number of unbranched alkanes of at least 4 members (excludes halogenated alkanes) is 1. The number of halogens is 1. The fourth-order valence-corrected chi connectivity index (χ4v) is 2.52. The molecule has 0 saturated heterocycles. The average Bonchev–Trinajstić information content (AvgIpc) is 2.58. The molecule has 1 aromatic carbocycles. The highest BCUT2D eigenvalue weighted by Gasteiger charge is 2.14. The summed E-state index contributed by atoms with van der Waals surface area (Å²) in [6.07, 6.45) is 2.31. The van der Waals surface area contributed by atoms with Crippen molar-refractivity contribution in [1.29, 1.82) is 0 Å². The van der Waals surface area contributed by atoms with Crippen LogP contribution in [0, 0.1) is 0 Å². The summed E-state index contributed by atoms with van der Waals surface area (Å²) in [6, 6.07) is 8.74. The van der Waals surface area contributed by atoms with Gasteiger partial charge < -0.3 is 20.3 Å². The van der Waals surface area contributed by atoms with Gasteiger partial charge in [-0.05, 0) is 74.0 Å². The molecule has 0 radical (unpaired) electrons. The van der Waals surface area contributed by atoms with Gasteiger partial charge in [0, 0.05) is 24.7 Å². The summed E-state index contributed by atoms with van der Waals surface area (Å²) in [5.74, 6) is 1.77. The Hall–Kier alpha value is -1.02. The molecule has 5 nitrogen and oxygen atoms in total. The molecular formula is C22H41IN4O. The molecular weight excluding hydrogens is 463 g/mol. The van der Waals surface area contributed by atoms with Crippen LogP contribution in [0.2, 0.25) is 0 Å². The van der Waals surface area contributed by atoms with Crippen molar-refractivity contribution >= 4 is 29.9 Å². The van der Waals surface area contributed by atoms with Crippen molar-refractivity contribution in [2.75, 3.05) is 26.7 Å². The summed E-state index contributed by atoms with van der Waals surface area (Å²) in [4.78, 5) is 7.12. The Morgan fingerprint density at radius 1 is 1.14 bits per heavy atom. The third kappa shape index (κ3) is 11.7. The van der Waals surface area contributed by atoms with Crippen molar-refractivity contribution in [2.24, 2.45) is 4.99 Å². The van der Waals surface area contributed by atoms with Gasteiger partial charge in [0.25, 0.3) is 0 Å². The second-order valence-electron chi connectivity index (χ2n) is 8.23. The van der Waals surface area contributed by atoms with E-state index in [1.807, 2.05) is 18.2 Å². The van der Waals surface area contributed by atoms with Crippen LogP contribution in [0.1, 0.15) is 59.9 Å². The number of nitrogens with zero attached hydrogens (tertiary/aromatic N) is 2. The second kappa shape index (κ2) is 14.0. The molecule has 2 N–H and O–H groups in total. The number of ether oxygens (including phenoxy) is 1. The van der Waals surface area contributed by atoms with Gasteiger partial charge in [-0.25, -0.2) is 4.99 Å². The summed E-state index contributed by atoms with van der Waals surface area (Å²) < 4.78 is 6.07. The third-order valence-electron chi connectivity index (χ3n) is 4.25. The summed E-state index contributed by atoms with van der Waals surface area (Å²) in [7, 11) is 2.18. The normalized spacial score (nSPS) is 12.1. The van der Waals surface area contributed by atoms with Gasteiger partial charge in [0.15, 0.2) is 5.96 Å². The summed E-state index contributed by atoms with van der Waals surface area (Å²) >= 11 is 0. The molecule has 6 heteroatoms. The number of hydrogen-bond donors (Lipinski definition) is 2. The van der Waals surface area contributed by atoms with E-state index in [1.54, 1.807) is 0 Å². The number of nitrogens with one attached hydrogen (secondary N) is 2. The standard InChI is InChI=1S/C22H40N4O.HI/c1-8-23-21(24-15-11-12-16-26(7)18(2)3)25-17-19-13-9-10-14-20(19)27-22(4,5)6;/h9-10,13-14,18H,8,11-12,15-17H2,1-7H3,(H2,23,24,25);1H. The first-order chi connectivity index (χ1) is 12.7. The zero-order valence-corrected chi connectivity index (χ0v) is 21.2. The maximum Gasteiger partial charge on any atom is 0.191 e. The van der Waals surface area contributed by atoms with E-state index in [1.165, 1.54) is 6.42 Å². The van der Waals surface area contributed by atoms with Crippen LogP contribution in [-0.2, 0) is 6.54 Å². The van der Waals surface area contributed by atoms with Crippen molar-refractivity contribution in [2.45, 2.75) is 72.6 Å². The molecule has 0 aliphatic rings. The molecule has 0 aromatic heterocycles. The van der Waals surface area contributed by atoms with E-state index < -0.39 is 0 Å². The van der Waals surface area contributed by atoms with Crippen LogP contribution < -0.4 is 15.4 Å². The van der Waals surface area contributed by atoms with Crippen LogP contribution in [0.15, 0.2) is 29.3 Å². The quantitative estimate of drug-likeness (QED) is 0.211. The molecule has 162 valence electrons. The summed E-state index contributed by atoms with van der Waals surface area (Å²) in [6.45, 7) is 16.2. The molecule has 0 aliphatic carbocycles. The fourth-order valence-electron chi connectivity index (χ4n) is 2.52. The zero-order valence-electron chi connectivity index (χ0n) is 18.8. The van der Waals surface area contributed by atoms with Crippen LogP contribution in [0.25, 0.3) is 0 Å². The Morgan fingerprint density at radius 3 is 2.43 bits per heavy atom. The van der Waals surface area contributed by atoms with Crippen LogP contribution in [0.5, 0.6) is 5.75 Å².